The Balaban J connectivity index is 1.84. The van der Waals surface area contributed by atoms with Gasteiger partial charge in [-0.05, 0) is 18.3 Å². The summed E-state index contributed by atoms with van der Waals surface area (Å²) in [4.78, 5) is 2.24. The summed E-state index contributed by atoms with van der Waals surface area (Å²) in [6.07, 6.45) is 0.994. The van der Waals surface area contributed by atoms with Gasteiger partial charge in [0.1, 0.15) is 0 Å². The normalized spacial score (nSPS) is 31.5. The minimum atomic E-state index is -3.07. The molecule has 2 atom stereocenters. The summed E-state index contributed by atoms with van der Waals surface area (Å²) in [6.45, 7) is 10.3. The van der Waals surface area contributed by atoms with Crippen molar-refractivity contribution >= 4 is 10.0 Å². The number of nitrogens with one attached hydrogen (secondary N) is 1. The number of nitrogens with zero attached hydrogens (tertiary/aromatic N) is 2. The molecule has 0 aliphatic carbocycles. The number of hydrogen-bond donors (Lipinski definition) is 1. The van der Waals surface area contributed by atoms with Gasteiger partial charge in [0.25, 0.3) is 0 Å². The Morgan fingerprint density at radius 3 is 2.42 bits per heavy atom. The van der Waals surface area contributed by atoms with Crippen LogP contribution >= 0.6 is 0 Å². The van der Waals surface area contributed by atoms with Crippen molar-refractivity contribution in [2.75, 3.05) is 51.6 Å². The van der Waals surface area contributed by atoms with Gasteiger partial charge in [-0.25, -0.2) is 12.7 Å². The van der Waals surface area contributed by atoms with Crippen molar-refractivity contribution in [2.24, 2.45) is 11.8 Å². The third-order valence-corrected chi connectivity index (χ3v) is 6.38. The first kappa shape index (κ1) is 15.2. The zero-order valence-corrected chi connectivity index (χ0v) is 13.0. The van der Waals surface area contributed by atoms with E-state index in [-0.39, 0.29) is 5.75 Å². The summed E-state index contributed by atoms with van der Waals surface area (Å²) in [5, 5.41) is 3.28. The molecule has 0 bridgehead atoms. The second-order valence-corrected chi connectivity index (χ2v) is 8.10. The molecular formula is C13H27N3O2S. The third kappa shape index (κ3) is 4.15. The molecule has 6 heteroatoms. The van der Waals surface area contributed by atoms with E-state index in [2.05, 4.69) is 24.1 Å². The van der Waals surface area contributed by atoms with Crippen molar-refractivity contribution in [1.82, 2.24) is 14.5 Å². The van der Waals surface area contributed by atoms with E-state index < -0.39 is 10.0 Å². The van der Waals surface area contributed by atoms with E-state index in [1.165, 1.54) is 0 Å². The quantitative estimate of drug-likeness (QED) is 0.803. The first-order valence-electron chi connectivity index (χ1n) is 7.40. The number of hydrogen-bond acceptors (Lipinski definition) is 4. The molecular weight excluding hydrogens is 262 g/mol. The van der Waals surface area contributed by atoms with Crippen molar-refractivity contribution in [1.29, 1.82) is 0 Å². The van der Waals surface area contributed by atoms with Crippen LogP contribution in [0.1, 0.15) is 20.3 Å². The molecule has 112 valence electrons. The highest BCUT2D eigenvalue weighted by atomic mass is 32.2. The Hall–Kier alpha value is -0.170. The zero-order chi connectivity index (χ0) is 13.9. The molecule has 2 aliphatic rings. The Bertz CT molecular complexity index is 379. The maximum Gasteiger partial charge on any atom is 0.215 e. The molecule has 0 aromatic carbocycles. The predicted octanol–water partition coefficient (Wildman–Crippen LogP) is 0.199. The molecule has 1 N–H and O–H groups in total. The number of piperazine rings is 1. The second-order valence-electron chi connectivity index (χ2n) is 6.01. The second kappa shape index (κ2) is 6.52. The summed E-state index contributed by atoms with van der Waals surface area (Å²) in [7, 11) is -3.07. The van der Waals surface area contributed by atoms with E-state index in [1.54, 1.807) is 4.31 Å². The maximum absolute atomic E-state index is 12.4. The molecule has 2 aliphatic heterocycles. The number of sulfonamides is 1. The molecule has 2 heterocycles. The fourth-order valence-corrected chi connectivity index (χ4v) is 4.38. The van der Waals surface area contributed by atoms with Gasteiger partial charge in [-0.15, -0.1) is 0 Å². The van der Waals surface area contributed by atoms with Gasteiger partial charge in [0.2, 0.25) is 10.0 Å². The van der Waals surface area contributed by atoms with Crippen LogP contribution in [0.5, 0.6) is 0 Å². The van der Waals surface area contributed by atoms with Gasteiger partial charge in [0, 0.05) is 45.8 Å². The average molecular weight is 289 g/mol. The average Bonchev–Trinajstić information content (AvgIpc) is 2.41. The predicted molar refractivity (Wildman–Crippen MR) is 77.6 cm³/mol. The van der Waals surface area contributed by atoms with E-state index in [9.17, 15) is 8.42 Å². The lowest BCUT2D eigenvalue weighted by molar-refractivity contribution is 0.210. The molecule has 19 heavy (non-hydrogen) atoms. The summed E-state index contributed by atoms with van der Waals surface area (Å²) >= 11 is 0. The van der Waals surface area contributed by atoms with Gasteiger partial charge in [0.15, 0.2) is 0 Å². The Morgan fingerprint density at radius 1 is 1.11 bits per heavy atom. The first-order valence-corrected chi connectivity index (χ1v) is 9.01. The Kier molecular flexibility index (Phi) is 5.22. The fourth-order valence-electron chi connectivity index (χ4n) is 2.79. The van der Waals surface area contributed by atoms with Crippen molar-refractivity contribution in [2.45, 2.75) is 20.3 Å². The largest absolute Gasteiger partial charge is 0.314 e. The highest BCUT2D eigenvalue weighted by Crippen LogP contribution is 2.24. The van der Waals surface area contributed by atoms with Crippen molar-refractivity contribution in [3.05, 3.63) is 0 Å². The lowest BCUT2D eigenvalue weighted by Gasteiger charge is -2.35. The Morgan fingerprint density at radius 2 is 1.79 bits per heavy atom. The topological polar surface area (TPSA) is 52.7 Å². The monoisotopic (exact) mass is 289 g/mol. The molecule has 0 radical (unpaired) electrons. The molecule has 2 fully saturated rings. The van der Waals surface area contributed by atoms with E-state index >= 15 is 0 Å². The fraction of sp³-hybridized carbons (Fsp3) is 1.00. The summed E-state index contributed by atoms with van der Waals surface area (Å²) in [6, 6.07) is 0. The van der Waals surface area contributed by atoms with Crippen LogP contribution in [0.15, 0.2) is 0 Å². The van der Waals surface area contributed by atoms with E-state index in [4.69, 9.17) is 0 Å². The van der Waals surface area contributed by atoms with Crippen LogP contribution in [0.3, 0.4) is 0 Å². The lowest BCUT2D eigenvalue weighted by Crippen LogP contribution is -2.48. The summed E-state index contributed by atoms with van der Waals surface area (Å²) in [5.41, 5.74) is 0. The molecule has 2 unspecified atom stereocenters. The minimum Gasteiger partial charge on any atom is -0.314 e. The molecule has 0 spiro atoms. The van der Waals surface area contributed by atoms with E-state index in [0.717, 1.165) is 32.6 Å². The van der Waals surface area contributed by atoms with Crippen LogP contribution in [0, 0.1) is 11.8 Å². The standard InChI is InChI=1S/C13H27N3O2S/c1-12-3-6-16(11-13(12)2)19(17,18)10-9-15-7-4-14-5-8-15/h12-14H,3-11H2,1-2H3. The first-order chi connectivity index (χ1) is 8.99. The number of piperidine rings is 1. The molecule has 0 aromatic heterocycles. The maximum atomic E-state index is 12.4. The van der Waals surface area contributed by atoms with Gasteiger partial charge in [0.05, 0.1) is 5.75 Å². The summed E-state index contributed by atoms with van der Waals surface area (Å²) in [5.74, 6) is 1.39. The molecule has 0 amide bonds. The van der Waals surface area contributed by atoms with Crippen molar-refractivity contribution < 1.29 is 8.42 Å². The SMILES string of the molecule is CC1CCN(S(=O)(=O)CCN2CCNCC2)CC1C. The van der Waals surface area contributed by atoms with Crippen LogP contribution in [-0.2, 0) is 10.0 Å². The van der Waals surface area contributed by atoms with Crippen LogP contribution in [0.4, 0.5) is 0 Å². The van der Waals surface area contributed by atoms with Gasteiger partial charge in [-0.1, -0.05) is 13.8 Å². The van der Waals surface area contributed by atoms with Crippen LogP contribution in [0.2, 0.25) is 0 Å². The lowest BCUT2D eigenvalue weighted by atomic mass is 9.90. The van der Waals surface area contributed by atoms with Gasteiger partial charge in [-0.2, -0.15) is 0 Å². The van der Waals surface area contributed by atoms with Crippen molar-refractivity contribution in [3.63, 3.8) is 0 Å². The number of rotatable bonds is 4. The molecule has 2 rings (SSSR count). The van der Waals surface area contributed by atoms with Crippen LogP contribution in [-0.4, -0.2) is 69.2 Å². The van der Waals surface area contributed by atoms with Crippen LogP contribution in [0.25, 0.3) is 0 Å². The summed E-state index contributed by atoms with van der Waals surface area (Å²) < 4.78 is 26.4. The Labute approximate surface area is 117 Å². The van der Waals surface area contributed by atoms with Gasteiger partial charge in [-0.3, -0.25) is 4.90 Å². The molecule has 2 saturated heterocycles. The smallest absolute Gasteiger partial charge is 0.215 e. The highest BCUT2D eigenvalue weighted by molar-refractivity contribution is 7.89. The molecule has 5 nitrogen and oxygen atoms in total. The van der Waals surface area contributed by atoms with Gasteiger partial charge < -0.3 is 5.32 Å². The van der Waals surface area contributed by atoms with Gasteiger partial charge >= 0.3 is 0 Å². The van der Waals surface area contributed by atoms with E-state index in [1.807, 2.05) is 0 Å². The highest BCUT2D eigenvalue weighted by Gasteiger charge is 2.30. The third-order valence-electron chi connectivity index (χ3n) is 4.57. The zero-order valence-electron chi connectivity index (χ0n) is 12.1. The van der Waals surface area contributed by atoms with E-state index in [0.29, 0.717) is 31.5 Å². The molecule has 0 aromatic rings. The minimum absolute atomic E-state index is 0.272. The van der Waals surface area contributed by atoms with Crippen LogP contribution < -0.4 is 5.32 Å². The van der Waals surface area contributed by atoms with Crippen molar-refractivity contribution in [3.8, 4) is 0 Å². The molecule has 0 saturated carbocycles.